The van der Waals surface area contributed by atoms with Crippen LogP contribution in [0.3, 0.4) is 0 Å². The molecular weight excluding hydrogens is 609 g/mol. The quantitative estimate of drug-likeness (QED) is 0.0420. The van der Waals surface area contributed by atoms with Crippen LogP contribution in [0.1, 0.15) is 66.5 Å². The molecule has 0 saturated heterocycles. The van der Waals surface area contributed by atoms with Gasteiger partial charge in [-0.05, 0) is 86.4 Å². The average molecular weight is 644 g/mol. The maximum atomic E-state index is 15.2. The molecule has 3 aromatic carbocycles. The SMILES string of the molecule is Cc1c(CCCC(=O)O)c2c(F)ccc(/C=C/c3ccc(OCCCCc4c(F)cc(F)c(F)c4F)cc3)c2n1CCCC(=O)O. The van der Waals surface area contributed by atoms with Crippen molar-refractivity contribution in [1.82, 2.24) is 4.57 Å². The molecule has 6 nitrogen and oxygen atoms in total. The van der Waals surface area contributed by atoms with Crippen molar-refractivity contribution in [1.29, 1.82) is 0 Å². The number of rotatable bonds is 16. The Morgan fingerprint density at radius 3 is 2.13 bits per heavy atom. The fourth-order valence-electron chi connectivity index (χ4n) is 5.48. The second kappa shape index (κ2) is 15.6. The van der Waals surface area contributed by atoms with Crippen LogP contribution >= 0.6 is 0 Å². The Hall–Kier alpha value is -4.67. The molecule has 4 aromatic rings. The standard InChI is InChI=1S/C35H34F5NO5/c1-21-25(7-4-8-30(42)43)32-27(36)17-14-23(35(32)41(21)18-5-9-31(44)45)13-10-22-11-15-24(16-12-22)46-19-3-2-6-26-28(37)20-29(38)34(40)33(26)39/h10-17,20H,2-9,18-19H2,1H3,(H,42,43)(H,44,45)/b13-10+. The number of halogens is 5. The first-order valence-electron chi connectivity index (χ1n) is 14.9. The molecule has 1 heterocycles. The van der Waals surface area contributed by atoms with Gasteiger partial charge in [0.05, 0.1) is 12.1 Å². The number of unbranched alkanes of at least 4 members (excludes halogenated alkanes) is 1. The van der Waals surface area contributed by atoms with E-state index in [1.54, 1.807) is 18.2 Å². The van der Waals surface area contributed by atoms with Crippen LogP contribution < -0.4 is 4.74 Å². The molecule has 0 aliphatic heterocycles. The topological polar surface area (TPSA) is 88.8 Å². The molecule has 0 radical (unpaired) electrons. The van der Waals surface area contributed by atoms with Crippen LogP contribution in [0.25, 0.3) is 23.1 Å². The molecule has 0 aliphatic rings. The Labute approximate surface area is 262 Å². The number of benzene rings is 3. The van der Waals surface area contributed by atoms with E-state index in [-0.39, 0.29) is 25.9 Å². The second-order valence-corrected chi connectivity index (χ2v) is 11.0. The lowest BCUT2D eigenvalue weighted by molar-refractivity contribution is -0.138. The van der Waals surface area contributed by atoms with Crippen molar-refractivity contribution in [3.05, 3.63) is 99.5 Å². The Bertz CT molecular complexity index is 1750. The van der Waals surface area contributed by atoms with Crippen LogP contribution in [0.2, 0.25) is 0 Å². The third-order valence-electron chi connectivity index (χ3n) is 7.80. The third kappa shape index (κ3) is 8.32. The van der Waals surface area contributed by atoms with E-state index in [0.717, 1.165) is 11.3 Å². The number of hydrogen-bond donors (Lipinski definition) is 2. The molecule has 0 unspecified atom stereocenters. The van der Waals surface area contributed by atoms with Crippen molar-refractivity contribution < 1.29 is 46.5 Å². The smallest absolute Gasteiger partial charge is 0.303 e. The van der Waals surface area contributed by atoms with E-state index in [1.165, 1.54) is 6.07 Å². The summed E-state index contributed by atoms with van der Waals surface area (Å²) in [6.45, 7) is 2.43. The van der Waals surface area contributed by atoms with E-state index < -0.39 is 46.6 Å². The number of aliphatic carboxylic acids is 2. The number of hydrogen-bond acceptors (Lipinski definition) is 3. The molecular formula is C35H34F5NO5. The van der Waals surface area contributed by atoms with Gasteiger partial charge in [-0.2, -0.15) is 0 Å². The van der Waals surface area contributed by atoms with Crippen LogP contribution in [-0.2, 0) is 29.0 Å². The van der Waals surface area contributed by atoms with Gasteiger partial charge < -0.3 is 19.5 Å². The number of carboxylic acids is 2. The summed E-state index contributed by atoms with van der Waals surface area (Å²) in [5, 5.41) is 18.6. The summed E-state index contributed by atoms with van der Waals surface area (Å²) in [6.07, 6.45) is 5.23. The monoisotopic (exact) mass is 643 g/mol. The van der Waals surface area contributed by atoms with Crippen LogP contribution in [0, 0.1) is 36.0 Å². The molecule has 11 heteroatoms. The van der Waals surface area contributed by atoms with Crippen molar-refractivity contribution in [2.24, 2.45) is 0 Å². The normalized spacial score (nSPS) is 11.5. The van der Waals surface area contributed by atoms with E-state index in [2.05, 4.69) is 0 Å². The van der Waals surface area contributed by atoms with Crippen LogP contribution in [-0.4, -0.2) is 33.3 Å². The van der Waals surface area contributed by atoms with Crippen LogP contribution in [0.4, 0.5) is 22.0 Å². The average Bonchev–Trinajstić information content (AvgIpc) is 3.29. The lowest BCUT2D eigenvalue weighted by Gasteiger charge is -2.10. The van der Waals surface area contributed by atoms with Gasteiger partial charge in [0.25, 0.3) is 0 Å². The summed E-state index contributed by atoms with van der Waals surface area (Å²) in [6, 6.07) is 10.5. The molecule has 0 bridgehead atoms. The Balaban J connectivity index is 1.45. The molecule has 46 heavy (non-hydrogen) atoms. The maximum Gasteiger partial charge on any atom is 0.303 e. The highest BCUT2D eigenvalue weighted by Crippen LogP contribution is 2.34. The van der Waals surface area contributed by atoms with Gasteiger partial charge in [0.2, 0.25) is 0 Å². The predicted octanol–water partition coefficient (Wildman–Crippen LogP) is 8.49. The third-order valence-corrected chi connectivity index (χ3v) is 7.80. The van der Waals surface area contributed by atoms with Gasteiger partial charge in [-0.15, -0.1) is 0 Å². The highest BCUT2D eigenvalue weighted by Gasteiger charge is 2.20. The van der Waals surface area contributed by atoms with Gasteiger partial charge in [-0.25, -0.2) is 22.0 Å². The molecule has 0 saturated carbocycles. The first-order chi connectivity index (χ1) is 22.0. The number of aromatic nitrogens is 1. The molecule has 0 fully saturated rings. The Kier molecular flexibility index (Phi) is 11.6. The van der Waals surface area contributed by atoms with Crippen molar-refractivity contribution in [3.63, 3.8) is 0 Å². The zero-order chi connectivity index (χ0) is 33.4. The molecule has 0 spiro atoms. The predicted molar refractivity (Wildman–Crippen MR) is 164 cm³/mol. The second-order valence-electron chi connectivity index (χ2n) is 11.0. The van der Waals surface area contributed by atoms with Crippen molar-refractivity contribution in [3.8, 4) is 5.75 Å². The van der Waals surface area contributed by atoms with E-state index in [0.29, 0.717) is 72.5 Å². The van der Waals surface area contributed by atoms with Gasteiger partial charge in [0.1, 0.15) is 17.4 Å². The fraction of sp³-hybridized carbons (Fsp3) is 0.314. The van der Waals surface area contributed by atoms with Gasteiger partial charge in [0.15, 0.2) is 17.5 Å². The lowest BCUT2D eigenvalue weighted by atomic mass is 10.0. The largest absolute Gasteiger partial charge is 0.494 e. The lowest BCUT2D eigenvalue weighted by Crippen LogP contribution is -2.05. The van der Waals surface area contributed by atoms with E-state index in [1.807, 2.05) is 35.8 Å². The minimum Gasteiger partial charge on any atom is -0.494 e. The van der Waals surface area contributed by atoms with Crippen molar-refractivity contribution in [2.75, 3.05) is 6.61 Å². The Morgan fingerprint density at radius 1 is 0.761 bits per heavy atom. The van der Waals surface area contributed by atoms with E-state index >= 15 is 4.39 Å². The van der Waals surface area contributed by atoms with Gasteiger partial charge in [-0.3, -0.25) is 9.59 Å². The first kappa shape index (κ1) is 34.2. The summed E-state index contributed by atoms with van der Waals surface area (Å²) in [5.74, 6) is -7.63. The number of aryl methyl sites for hydroxylation is 2. The summed E-state index contributed by atoms with van der Waals surface area (Å²) in [7, 11) is 0. The maximum absolute atomic E-state index is 15.2. The molecule has 0 amide bonds. The molecule has 4 rings (SSSR count). The summed E-state index contributed by atoms with van der Waals surface area (Å²) in [4.78, 5) is 22.2. The molecule has 2 N–H and O–H groups in total. The first-order valence-corrected chi connectivity index (χ1v) is 14.9. The summed E-state index contributed by atoms with van der Waals surface area (Å²) < 4.78 is 77.0. The van der Waals surface area contributed by atoms with Crippen molar-refractivity contribution >= 4 is 35.0 Å². The summed E-state index contributed by atoms with van der Waals surface area (Å²) >= 11 is 0. The minimum absolute atomic E-state index is 0.0479. The molecule has 0 aliphatic carbocycles. The van der Waals surface area contributed by atoms with Gasteiger partial charge in [-0.1, -0.05) is 24.3 Å². The molecule has 1 aromatic heterocycles. The molecule has 0 atom stereocenters. The number of fused-ring (bicyclic) bond motifs is 1. The zero-order valence-corrected chi connectivity index (χ0v) is 25.2. The Morgan fingerprint density at radius 2 is 1.43 bits per heavy atom. The minimum atomic E-state index is -1.69. The number of ether oxygens (including phenoxy) is 1. The summed E-state index contributed by atoms with van der Waals surface area (Å²) in [5.41, 5.74) is 3.14. The number of carboxylic acid groups (broad SMARTS) is 2. The highest BCUT2D eigenvalue weighted by molar-refractivity contribution is 5.94. The van der Waals surface area contributed by atoms with Crippen LogP contribution in [0.5, 0.6) is 5.75 Å². The van der Waals surface area contributed by atoms with E-state index in [9.17, 15) is 27.2 Å². The number of nitrogens with zero attached hydrogens (tertiary/aromatic N) is 1. The van der Waals surface area contributed by atoms with Crippen LogP contribution in [0.15, 0.2) is 42.5 Å². The van der Waals surface area contributed by atoms with Crippen molar-refractivity contribution in [2.45, 2.75) is 64.8 Å². The fourth-order valence-corrected chi connectivity index (χ4v) is 5.48. The molecule has 244 valence electrons. The van der Waals surface area contributed by atoms with Gasteiger partial charge in [0, 0.05) is 42.1 Å². The highest BCUT2D eigenvalue weighted by atomic mass is 19.2. The number of carbonyl (C=O) groups is 2. The van der Waals surface area contributed by atoms with Gasteiger partial charge >= 0.3 is 11.9 Å². The van der Waals surface area contributed by atoms with E-state index in [4.69, 9.17) is 14.9 Å². The zero-order valence-electron chi connectivity index (χ0n) is 25.2.